The minimum absolute atomic E-state index is 0.0223. The van der Waals surface area contributed by atoms with Gasteiger partial charge in [0.25, 0.3) is 0 Å². The van der Waals surface area contributed by atoms with E-state index in [1.54, 1.807) is 42.5 Å². The monoisotopic (exact) mass is 262 g/mol. The largest absolute Gasteiger partial charge is 0.491 e. The highest BCUT2D eigenvalue weighted by Crippen LogP contribution is 2.19. The predicted molar refractivity (Wildman–Crippen MR) is 69.8 cm³/mol. The first-order chi connectivity index (χ1) is 9.29. The molecule has 0 aromatic heterocycles. The van der Waals surface area contributed by atoms with Crippen LogP contribution < -0.4 is 9.47 Å². The average Bonchev–Trinajstić information content (AvgIpc) is 2.45. The molecular weight excluding hydrogens is 247 g/mol. The van der Waals surface area contributed by atoms with Gasteiger partial charge in [0.2, 0.25) is 0 Å². The lowest BCUT2D eigenvalue weighted by Crippen LogP contribution is -2.01. The molecule has 2 aromatic rings. The van der Waals surface area contributed by atoms with Crippen molar-refractivity contribution < 1.29 is 19.0 Å². The standard InChI is InChI=1S/C15H15FO3/c16-15-4-2-1-3-12(15)11-19-14-7-5-13(6-8-14)18-10-9-17/h1-8,17H,9-11H2. The molecule has 2 rings (SSSR count). The smallest absolute Gasteiger partial charge is 0.129 e. The van der Waals surface area contributed by atoms with Crippen LogP contribution in [0.4, 0.5) is 4.39 Å². The summed E-state index contributed by atoms with van der Waals surface area (Å²) in [6.07, 6.45) is 0. The van der Waals surface area contributed by atoms with Crippen LogP contribution in [0.3, 0.4) is 0 Å². The van der Waals surface area contributed by atoms with Crippen LogP contribution in [0.25, 0.3) is 0 Å². The zero-order valence-electron chi connectivity index (χ0n) is 10.4. The predicted octanol–water partition coefficient (Wildman–Crippen LogP) is 2.78. The maximum Gasteiger partial charge on any atom is 0.129 e. The normalized spacial score (nSPS) is 10.2. The number of hydrogen-bond donors (Lipinski definition) is 1. The van der Waals surface area contributed by atoms with E-state index in [-0.39, 0.29) is 25.6 Å². The average molecular weight is 262 g/mol. The summed E-state index contributed by atoms with van der Waals surface area (Å²) >= 11 is 0. The highest BCUT2D eigenvalue weighted by molar-refractivity contribution is 5.31. The van der Waals surface area contributed by atoms with Crippen molar-refractivity contribution >= 4 is 0 Å². The summed E-state index contributed by atoms with van der Waals surface area (Å²) in [6.45, 7) is 0.421. The molecule has 0 radical (unpaired) electrons. The Bertz CT molecular complexity index is 511. The van der Waals surface area contributed by atoms with Crippen LogP contribution in [0.2, 0.25) is 0 Å². The summed E-state index contributed by atoms with van der Waals surface area (Å²) in [6, 6.07) is 13.5. The van der Waals surface area contributed by atoms with Gasteiger partial charge >= 0.3 is 0 Å². The Morgan fingerprint density at radius 1 is 0.895 bits per heavy atom. The highest BCUT2D eigenvalue weighted by Gasteiger charge is 2.02. The number of hydrogen-bond acceptors (Lipinski definition) is 3. The number of ether oxygens (including phenoxy) is 2. The van der Waals surface area contributed by atoms with Crippen molar-refractivity contribution in [2.24, 2.45) is 0 Å². The topological polar surface area (TPSA) is 38.7 Å². The van der Waals surface area contributed by atoms with Gasteiger partial charge in [0.05, 0.1) is 6.61 Å². The molecule has 2 aromatic carbocycles. The molecule has 3 nitrogen and oxygen atoms in total. The number of benzene rings is 2. The highest BCUT2D eigenvalue weighted by atomic mass is 19.1. The molecule has 0 aliphatic heterocycles. The quantitative estimate of drug-likeness (QED) is 0.870. The fraction of sp³-hybridized carbons (Fsp3) is 0.200. The second-order valence-electron chi connectivity index (χ2n) is 3.92. The molecule has 4 heteroatoms. The number of rotatable bonds is 6. The Morgan fingerprint density at radius 2 is 1.53 bits per heavy atom. The molecule has 0 heterocycles. The van der Waals surface area contributed by atoms with E-state index in [0.717, 1.165) is 0 Å². The van der Waals surface area contributed by atoms with Gasteiger partial charge in [0, 0.05) is 5.56 Å². The molecule has 0 atom stereocenters. The zero-order chi connectivity index (χ0) is 13.5. The van der Waals surface area contributed by atoms with Crippen LogP contribution >= 0.6 is 0 Å². The molecule has 0 saturated heterocycles. The summed E-state index contributed by atoms with van der Waals surface area (Å²) in [5.74, 6) is 1.03. The van der Waals surface area contributed by atoms with E-state index in [1.807, 2.05) is 0 Å². The summed E-state index contributed by atoms with van der Waals surface area (Å²) in [5, 5.41) is 8.63. The molecule has 0 amide bonds. The maximum atomic E-state index is 13.4. The molecule has 19 heavy (non-hydrogen) atoms. The molecule has 0 bridgehead atoms. The summed E-state index contributed by atoms with van der Waals surface area (Å²) < 4.78 is 24.1. The van der Waals surface area contributed by atoms with Crippen LogP contribution in [0.5, 0.6) is 11.5 Å². The lowest BCUT2D eigenvalue weighted by Gasteiger charge is -2.08. The first-order valence-electron chi connectivity index (χ1n) is 5.99. The van der Waals surface area contributed by atoms with E-state index in [4.69, 9.17) is 14.6 Å². The minimum Gasteiger partial charge on any atom is -0.491 e. The Hall–Kier alpha value is -2.07. The first kappa shape index (κ1) is 13.4. The Labute approximate surface area is 111 Å². The van der Waals surface area contributed by atoms with Crippen LogP contribution in [-0.4, -0.2) is 18.3 Å². The third-order valence-electron chi connectivity index (χ3n) is 2.54. The van der Waals surface area contributed by atoms with Gasteiger partial charge in [-0.15, -0.1) is 0 Å². The Balaban J connectivity index is 1.91. The molecule has 0 spiro atoms. The summed E-state index contributed by atoms with van der Waals surface area (Å²) in [4.78, 5) is 0. The van der Waals surface area contributed by atoms with Crippen molar-refractivity contribution in [2.75, 3.05) is 13.2 Å². The number of aliphatic hydroxyl groups is 1. The number of halogens is 1. The second-order valence-corrected chi connectivity index (χ2v) is 3.92. The third kappa shape index (κ3) is 3.96. The van der Waals surface area contributed by atoms with Crippen molar-refractivity contribution in [3.05, 3.63) is 59.9 Å². The van der Waals surface area contributed by atoms with Crippen molar-refractivity contribution in [3.63, 3.8) is 0 Å². The second kappa shape index (κ2) is 6.75. The molecule has 0 fully saturated rings. The fourth-order valence-electron chi connectivity index (χ4n) is 1.57. The van der Waals surface area contributed by atoms with Crippen LogP contribution in [-0.2, 0) is 6.61 Å². The maximum absolute atomic E-state index is 13.4. The first-order valence-corrected chi connectivity index (χ1v) is 5.99. The Kier molecular flexibility index (Phi) is 4.75. The van der Waals surface area contributed by atoms with Crippen molar-refractivity contribution in [3.8, 4) is 11.5 Å². The van der Waals surface area contributed by atoms with E-state index in [2.05, 4.69) is 0 Å². The molecule has 0 saturated carbocycles. The van der Waals surface area contributed by atoms with Gasteiger partial charge in [-0.05, 0) is 30.3 Å². The zero-order valence-corrected chi connectivity index (χ0v) is 10.4. The number of aliphatic hydroxyl groups excluding tert-OH is 1. The van der Waals surface area contributed by atoms with Gasteiger partial charge in [-0.3, -0.25) is 0 Å². The van der Waals surface area contributed by atoms with Gasteiger partial charge in [0.1, 0.15) is 30.5 Å². The lowest BCUT2D eigenvalue weighted by molar-refractivity contribution is 0.201. The van der Waals surface area contributed by atoms with E-state index < -0.39 is 0 Å². The minimum atomic E-state index is -0.273. The van der Waals surface area contributed by atoms with Crippen LogP contribution in [0, 0.1) is 5.82 Å². The van der Waals surface area contributed by atoms with Crippen molar-refractivity contribution in [1.82, 2.24) is 0 Å². The van der Waals surface area contributed by atoms with Gasteiger partial charge in [-0.2, -0.15) is 0 Å². The van der Waals surface area contributed by atoms with Crippen molar-refractivity contribution in [2.45, 2.75) is 6.61 Å². The summed E-state index contributed by atoms with van der Waals surface area (Å²) in [5.41, 5.74) is 0.517. The SMILES string of the molecule is OCCOc1ccc(OCc2ccccc2F)cc1. The molecule has 0 aliphatic rings. The third-order valence-corrected chi connectivity index (χ3v) is 2.54. The fourth-order valence-corrected chi connectivity index (χ4v) is 1.57. The van der Waals surface area contributed by atoms with E-state index in [9.17, 15) is 4.39 Å². The molecule has 0 unspecified atom stereocenters. The molecule has 100 valence electrons. The lowest BCUT2D eigenvalue weighted by atomic mass is 10.2. The van der Waals surface area contributed by atoms with Gasteiger partial charge in [-0.1, -0.05) is 18.2 Å². The van der Waals surface area contributed by atoms with Gasteiger partial charge in [-0.25, -0.2) is 4.39 Å². The van der Waals surface area contributed by atoms with E-state index in [0.29, 0.717) is 17.1 Å². The van der Waals surface area contributed by atoms with Gasteiger partial charge in [0.15, 0.2) is 0 Å². The van der Waals surface area contributed by atoms with Crippen molar-refractivity contribution in [1.29, 1.82) is 0 Å². The molecular formula is C15H15FO3. The summed E-state index contributed by atoms with van der Waals surface area (Å²) in [7, 11) is 0. The molecule has 0 aliphatic carbocycles. The molecule has 1 N–H and O–H groups in total. The van der Waals surface area contributed by atoms with Crippen LogP contribution in [0.1, 0.15) is 5.56 Å². The van der Waals surface area contributed by atoms with E-state index >= 15 is 0 Å². The van der Waals surface area contributed by atoms with E-state index in [1.165, 1.54) is 6.07 Å². The van der Waals surface area contributed by atoms with Crippen LogP contribution in [0.15, 0.2) is 48.5 Å². The van der Waals surface area contributed by atoms with Gasteiger partial charge < -0.3 is 14.6 Å². The Morgan fingerprint density at radius 3 is 2.16 bits per heavy atom.